The first-order valence-corrected chi connectivity index (χ1v) is 6.26. The molecule has 0 atom stereocenters. The van der Waals surface area contributed by atoms with Crippen LogP contribution in [0.2, 0.25) is 0 Å². The minimum Gasteiger partial charge on any atom is -0.467 e. The van der Waals surface area contributed by atoms with Crippen LogP contribution in [-0.4, -0.2) is 35.0 Å². The molecule has 0 unspecified atom stereocenters. The average Bonchev–Trinajstić information content (AvgIpc) is 2.95. The summed E-state index contributed by atoms with van der Waals surface area (Å²) in [5.41, 5.74) is 0. The topological polar surface area (TPSA) is 42.2 Å². The molecule has 1 rings (SSSR count). The molecule has 1 heterocycles. The fourth-order valence-corrected chi connectivity index (χ4v) is 1.53. The molecule has 144 valence electrons. The Morgan fingerprint density at radius 1 is 0.960 bits per heavy atom. The van der Waals surface area contributed by atoms with E-state index in [0.29, 0.717) is 0 Å². The van der Waals surface area contributed by atoms with Crippen molar-refractivity contribution in [1.29, 1.82) is 0 Å². The lowest BCUT2D eigenvalue weighted by Crippen LogP contribution is -2.69. The van der Waals surface area contributed by atoms with E-state index < -0.39 is 41.5 Å². The van der Waals surface area contributed by atoms with Gasteiger partial charge in [-0.05, 0) is 23.7 Å². The summed E-state index contributed by atoms with van der Waals surface area (Å²) in [6, 6.07) is 2.25. The van der Waals surface area contributed by atoms with Gasteiger partial charge in [-0.2, -0.15) is 43.9 Å². The van der Waals surface area contributed by atoms with Crippen LogP contribution in [0.4, 0.5) is 43.9 Å². The summed E-state index contributed by atoms with van der Waals surface area (Å²) in [4.78, 5) is 11.0. The Kier molecular flexibility index (Phi) is 5.35. The highest BCUT2D eigenvalue weighted by Gasteiger charge is 2.87. The van der Waals surface area contributed by atoms with E-state index in [4.69, 9.17) is 0 Å². The van der Waals surface area contributed by atoms with Gasteiger partial charge in [-0.1, -0.05) is 0 Å². The van der Waals surface area contributed by atoms with Gasteiger partial charge in [-0.15, -0.1) is 0 Å². The zero-order chi connectivity index (χ0) is 19.9. The number of hydrogen-bond acceptors (Lipinski definition) is 2. The quantitative estimate of drug-likeness (QED) is 0.540. The van der Waals surface area contributed by atoms with E-state index in [2.05, 4.69) is 16.0 Å². The summed E-state index contributed by atoms with van der Waals surface area (Å²) in [7, 11) is 0. The Bertz CT molecular complexity index is 611. The molecule has 0 fully saturated rings. The first-order valence-electron chi connectivity index (χ1n) is 5.89. The molecule has 1 aromatic heterocycles. The second-order valence-electron chi connectivity index (χ2n) is 4.56. The lowest BCUT2D eigenvalue weighted by molar-refractivity contribution is -0.382. The van der Waals surface area contributed by atoms with Crippen LogP contribution in [0, 0.1) is 0 Å². The predicted octanol–water partition coefficient (Wildman–Crippen LogP) is 4.27. The fraction of sp³-hybridized carbons (Fsp3) is 0.545. The Balaban J connectivity index is 3.13. The molecule has 0 saturated heterocycles. The van der Waals surface area contributed by atoms with Crippen molar-refractivity contribution in [3.8, 4) is 0 Å². The predicted molar refractivity (Wildman–Crippen MR) is 61.1 cm³/mol. The van der Waals surface area contributed by atoms with Gasteiger partial charge in [-0.3, -0.25) is 4.79 Å². The zero-order valence-electron chi connectivity index (χ0n) is 11.4. The number of rotatable bonds is 7. The SMILES string of the molecule is O=C(NCc1ccco1)C(F)(F)C(F)(F)C(F)(F)C(F)(F)C(F)(F)Cl. The fourth-order valence-electron chi connectivity index (χ4n) is 1.41. The maximum absolute atomic E-state index is 13.3. The monoisotopic (exact) mass is 409 g/mol. The Labute approximate surface area is 136 Å². The zero-order valence-corrected chi connectivity index (χ0v) is 12.2. The third kappa shape index (κ3) is 3.37. The van der Waals surface area contributed by atoms with E-state index in [9.17, 15) is 48.7 Å². The lowest BCUT2D eigenvalue weighted by Gasteiger charge is -2.37. The molecular weight excluding hydrogens is 404 g/mol. The van der Waals surface area contributed by atoms with Crippen LogP contribution in [0.3, 0.4) is 0 Å². The highest BCUT2D eigenvalue weighted by atomic mass is 35.5. The first kappa shape index (κ1) is 21.4. The molecule has 14 heteroatoms. The molecule has 1 aromatic rings. The number of alkyl halides is 11. The number of furan rings is 1. The van der Waals surface area contributed by atoms with E-state index in [-0.39, 0.29) is 5.76 Å². The molecule has 0 aliphatic rings. The highest BCUT2D eigenvalue weighted by Crippen LogP contribution is 2.57. The van der Waals surface area contributed by atoms with Crippen molar-refractivity contribution < 1.29 is 53.1 Å². The van der Waals surface area contributed by atoms with Crippen molar-refractivity contribution in [2.24, 2.45) is 0 Å². The number of nitrogens with one attached hydrogen (secondary N) is 1. The number of hydrogen-bond donors (Lipinski definition) is 1. The van der Waals surface area contributed by atoms with Gasteiger partial charge in [0, 0.05) is 0 Å². The Hall–Kier alpha value is -1.66. The van der Waals surface area contributed by atoms with Gasteiger partial charge < -0.3 is 9.73 Å². The summed E-state index contributed by atoms with van der Waals surface area (Å²) >= 11 is 3.62. The van der Waals surface area contributed by atoms with Crippen molar-refractivity contribution in [2.45, 2.75) is 35.6 Å². The normalized spacial score (nSPS) is 14.5. The molecule has 0 aliphatic carbocycles. The van der Waals surface area contributed by atoms with Crippen molar-refractivity contribution in [3.63, 3.8) is 0 Å². The van der Waals surface area contributed by atoms with Gasteiger partial charge in [0.05, 0.1) is 12.8 Å². The second-order valence-corrected chi connectivity index (χ2v) is 5.03. The maximum atomic E-state index is 13.3. The van der Waals surface area contributed by atoms with Crippen molar-refractivity contribution in [1.82, 2.24) is 5.32 Å². The third-order valence-electron chi connectivity index (χ3n) is 2.83. The summed E-state index contributed by atoms with van der Waals surface area (Å²) in [6.45, 7) is -0.995. The van der Waals surface area contributed by atoms with E-state index in [0.717, 1.165) is 17.6 Å². The average molecular weight is 410 g/mol. The molecule has 0 aliphatic heterocycles. The summed E-state index contributed by atoms with van der Waals surface area (Å²) in [5.74, 6) is -31.6. The molecule has 0 spiro atoms. The maximum Gasteiger partial charge on any atom is 0.393 e. The number of carbonyl (C=O) groups is 1. The largest absolute Gasteiger partial charge is 0.467 e. The number of halogens is 11. The minimum absolute atomic E-state index is 0.281. The molecule has 25 heavy (non-hydrogen) atoms. The highest BCUT2D eigenvalue weighted by molar-refractivity contribution is 6.22. The Morgan fingerprint density at radius 2 is 1.48 bits per heavy atom. The smallest absolute Gasteiger partial charge is 0.393 e. The van der Waals surface area contributed by atoms with E-state index in [1.165, 1.54) is 6.07 Å². The molecule has 0 bridgehead atoms. The molecule has 1 N–H and O–H groups in total. The molecule has 0 radical (unpaired) electrons. The molecule has 0 aromatic carbocycles. The van der Waals surface area contributed by atoms with Crippen LogP contribution >= 0.6 is 11.6 Å². The number of amides is 1. The van der Waals surface area contributed by atoms with Gasteiger partial charge >= 0.3 is 29.1 Å². The van der Waals surface area contributed by atoms with Crippen LogP contribution in [0.5, 0.6) is 0 Å². The van der Waals surface area contributed by atoms with E-state index in [1.54, 1.807) is 0 Å². The van der Waals surface area contributed by atoms with Crippen LogP contribution in [0.25, 0.3) is 0 Å². The third-order valence-corrected chi connectivity index (χ3v) is 3.06. The summed E-state index contributed by atoms with van der Waals surface area (Å²) < 4.78 is 134. The van der Waals surface area contributed by atoms with Crippen LogP contribution in [-0.2, 0) is 11.3 Å². The van der Waals surface area contributed by atoms with Crippen LogP contribution in [0.15, 0.2) is 22.8 Å². The van der Waals surface area contributed by atoms with Crippen molar-refractivity contribution in [2.75, 3.05) is 0 Å². The van der Waals surface area contributed by atoms with Crippen LogP contribution in [0.1, 0.15) is 5.76 Å². The first-order chi connectivity index (χ1) is 11.0. The van der Waals surface area contributed by atoms with E-state index >= 15 is 0 Å². The van der Waals surface area contributed by atoms with Gasteiger partial charge in [0.2, 0.25) is 0 Å². The minimum atomic E-state index is -7.38. The molecule has 1 amide bonds. The van der Waals surface area contributed by atoms with Crippen molar-refractivity contribution >= 4 is 17.5 Å². The summed E-state index contributed by atoms with van der Waals surface area (Å²) in [6.07, 6.45) is 0.978. The Morgan fingerprint density at radius 3 is 1.88 bits per heavy atom. The second kappa shape index (κ2) is 6.25. The van der Waals surface area contributed by atoms with E-state index in [1.807, 2.05) is 0 Å². The van der Waals surface area contributed by atoms with Crippen LogP contribution < -0.4 is 5.32 Å². The standard InChI is InChI=1S/C11H6ClF10NO2/c12-11(21,22)10(19,20)9(17,18)8(15,16)7(13,14)6(24)23-4-5-2-1-3-25-5/h1-3H,4H2,(H,23,24). The lowest BCUT2D eigenvalue weighted by atomic mass is 9.98. The van der Waals surface area contributed by atoms with Gasteiger partial charge in [0.15, 0.2) is 0 Å². The van der Waals surface area contributed by atoms with Gasteiger partial charge in [0.25, 0.3) is 5.91 Å². The molecule has 0 saturated carbocycles. The summed E-state index contributed by atoms with van der Waals surface area (Å²) in [5, 5.41) is -5.27. The number of carbonyl (C=O) groups excluding carboxylic acids is 1. The molecular formula is C11H6ClF10NO2. The van der Waals surface area contributed by atoms with Gasteiger partial charge in [0.1, 0.15) is 5.76 Å². The van der Waals surface area contributed by atoms with Crippen molar-refractivity contribution in [3.05, 3.63) is 24.2 Å². The molecule has 3 nitrogen and oxygen atoms in total. The van der Waals surface area contributed by atoms with Gasteiger partial charge in [-0.25, -0.2) is 0 Å².